The molecule has 0 aliphatic heterocycles. The number of hydrogen-bond acceptors (Lipinski definition) is 3. The van der Waals surface area contributed by atoms with Crippen LogP contribution in [0, 0.1) is 0 Å². The lowest BCUT2D eigenvalue weighted by atomic mass is 9.95. The number of benzene rings is 5. The standard InChI is InChI=1S/C37H24Br2N2O/c1-42-37-17-12-25(35-21-28(23-8-4-2-5-9-23)30-19-26(38)13-15-33(30)40-35)18-32(37)36-22-29(24-10-6-3-7-11-24)31-20-27(39)14-16-34(31)41-36/h2-22H,1H3. The number of nitrogens with zero attached hydrogens (tertiary/aromatic N) is 2. The lowest BCUT2D eigenvalue weighted by molar-refractivity contribution is 0.416. The van der Waals surface area contributed by atoms with E-state index in [2.05, 4.69) is 129 Å². The van der Waals surface area contributed by atoms with Crippen LogP contribution in [0.25, 0.3) is 66.6 Å². The smallest absolute Gasteiger partial charge is 0.128 e. The molecule has 0 saturated heterocycles. The molecule has 0 fully saturated rings. The third-order valence-corrected chi connectivity index (χ3v) is 8.47. The minimum Gasteiger partial charge on any atom is -0.496 e. The van der Waals surface area contributed by atoms with Crippen LogP contribution in [0.2, 0.25) is 0 Å². The van der Waals surface area contributed by atoms with E-state index in [-0.39, 0.29) is 0 Å². The van der Waals surface area contributed by atoms with Crippen molar-refractivity contribution in [2.24, 2.45) is 0 Å². The Balaban J connectivity index is 1.45. The maximum Gasteiger partial charge on any atom is 0.128 e. The maximum absolute atomic E-state index is 5.87. The van der Waals surface area contributed by atoms with Crippen LogP contribution in [0.4, 0.5) is 0 Å². The summed E-state index contributed by atoms with van der Waals surface area (Å²) >= 11 is 7.29. The molecule has 0 amide bonds. The first kappa shape index (κ1) is 26.6. The number of rotatable bonds is 5. The number of methoxy groups -OCH3 is 1. The Morgan fingerprint density at radius 2 is 1.00 bits per heavy atom. The van der Waals surface area contributed by atoms with Gasteiger partial charge in [0.1, 0.15) is 5.75 Å². The van der Waals surface area contributed by atoms with Crippen molar-refractivity contribution in [1.82, 2.24) is 9.97 Å². The van der Waals surface area contributed by atoms with E-state index in [4.69, 9.17) is 14.7 Å². The first-order valence-electron chi connectivity index (χ1n) is 13.6. The van der Waals surface area contributed by atoms with Crippen molar-refractivity contribution in [3.8, 4) is 50.5 Å². The lowest BCUT2D eigenvalue weighted by Crippen LogP contribution is -1.95. The zero-order valence-corrected chi connectivity index (χ0v) is 25.9. The van der Waals surface area contributed by atoms with E-state index < -0.39 is 0 Å². The van der Waals surface area contributed by atoms with Gasteiger partial charge in [0, 0.05) is 30.8 Å². The van der Waals surface area contributed by atoms with Gasteiger partial charge in [-0.3, -0.25) is 0 Å². The van der Waals surface area contributed by atoms with Crippen LogP contribution in [-0.2, 0) is 0 Å². The lowest BCUT2D eigenvalue weighted by Gasteiger charge is -2.15. The van der Waals surface area contributed by atoms with Crippen LogP contribution in [0.1, 0.15) is 0 Å². The summed E-state index contributed by atoms with van der Waals surface area (Å²) in [6.45, 7) is 0. The van der Waals surface area contributed by atoms with E-state index >= 15 is 0 Å². The van der Waals surface area contributed by atoms with Gasteiger partial charge in [0.25, 0.3) is 0 Å². The summed E-state index contributed by atoms with van der Waals surface area (Å²) in [5, 5.41) is 2.19. The molecule has 202 valence electrons. The molecule has 7 aromatic rings. The molecular weight excluding hydrogens is 648 g/mol. The highest BCUT2D eigenvalue weighted by Gasteiger charge is 2.16. The first-order chi connectivity index (χ1) is 20.6. The highest BCUT2D eigenvalue weighted by atomic mass is 79.9. The molecule has 0 aliphatic carbocycles. The molecule has 0 atom stereocenters. The van der Waals surface area contributed by atoms with E-state index in [1.807, 2.05) is 30.3 Å². The minimum atomic E-state index is 0.759. The second-order valence-corrected chi connectivity index (χ2v) is 11.9. The quantitative estimate of drug-likeness (QED) is 0.183. The van der Waals surface area contributed by atoms with Crippen molar-refractivity contribution in [3.05, 3.63) is 136 Å². The molecule has 0 N–H and O–H groups in total. The number of ether oxygens (including phenoxy) is 1. The van der Waals surface area contributed by atoms with E-state index in [9.17, 15) is 0 Å². The Hall–Kier alpha value is -4.32. The van der Waals surface area contributed by atoms with E-state index in [0.717, 1.165) is 81.3 Å². The maximum atomic E-state index is 5.87. The van der Waals surface area contributed by atoms with Gasteiger partial charge in [0.05, 0.1) is 29.5 Å². The number of halogens is 2. The molecule has 5 aromatic carbocycles. The Labute approximate surface area is 261 Å². The molecule has 5 heteroatoms. The second-order valence-electron chi connectivity index (χ2n) is 10.1. The van der Waals surface area contributed by atoms with Crippen LogP contribution in [0.5, 0.6) is 5.75 Å². The zero-order chi connectivity index (χ0) is 28.6. The van der Waals surface area contributed by atoms with Gasteiger partial charge >= 0.3 is 0 Å². The van der Waals surface area contributed by atoms with E-state index in [1.54, 1.807) is 7.11 Å². The van der Waals surface area contributed by atoms with E-state index in [0.29, 0.717) is 0 Å². The molecule has 42 heavy (non-hydrogen) atoms. The molecule has 0 spiro atoms. The second kappa shape index (κ2) is 11.2. The third kappa shape index (κ3) is 5.00. The van der Waals surface area contributed by atoms with Crippen molar-refractivity contribution < 1.29 is 4.74 Å². The molecule has 0 saturated carbocycles. The number of fused-ring (bicyclic) bond motifs is 2. The summed E-state index contributed by atoms with van der Waals surface area (Å²) in [6.07, 6.45) is 0. The van der Waals surface area contributed by atoms with Crippen molar-refractivity contribution in [1.29, 1.82) is 0 Å². The fraction of sp³-hybridized carbons (Fsp3) is 0.0270. The van der Waals surface area contributed by atoms with Gasteiger partial charge < -0.3 is 4.74 Å². The Bertz CT molecular complexity index is 2090. The Kier molecular flexibility index (Phi) is 7.06. The van der Waals surface area contributed by atoms with Crippen LogP contribution in [0.3, 0.4) is 0 Å². The molecule has 0 radical (unpaired) electrons. The van der Waals surface area contributed by atoms with Crippen LogP contribution >= 0.6 is 31.9 Å². The van der Waals surface area contributed by atoms with Gasteiger partial charge in [-0.25, -0.2) is 9.97 Å². The molecule has 7 rings (SSSR count). The largest absolute Gasteiger partial charge is 0.496 e. The Morgan fingerprint density at radius 1 is 0.476 bits per heavy atom. The fourth-order valence-corrected chi connectivity index (χ4v) is 6.18. The predicted octanol–water partition coefficient (Wildman–Crippen LogP) is 11.0. The molecular formula is C37H24Br2N2O. The summed E-state index contributed by atoms with van der Waals surface area (Å²) in [5.41, 5.74) is 10.0. The zero-order valence-electron chi connectivity index (χ0n) is 22.7. The third-order valence-electron chi connectivity index (χ3n) is 7.48. The molecule has 2 aromatic heterocycles. The average molecular weight is 672 g/mol. The minimum absolute atomic E-state index is 0.759. The Morgan fingerprint density at radius 3 is 1.55 bits per heavy atom. The van der Waals surface area contributed by atoms with E-state index in [1.165, 1.54) is 0 Å². The van der Waals surface area contributed by atoms with Crippen molar-refractivity contribution in [2.75, 3.05) is 7.11 Å². The number of pyridine rings is 2. The predicted molar refractivity (Wildman–Crippen MR) is 181 cm³/mol. The monoisotopic (exact) mass is 670 g/mol. The summed E-state index contributed by atoms with van der Waals surface area (Å²) in [5.74, 6) is 0.759. The van der Waals surface area contributed by atoms with Gasteiger partial charge in [-0.1, -0.05) is 92.5 Å². The van der Waals surface area contributed by atoms with Gasteiger partial charge in [-0.05, 0) is 89.0 Å². The highest BCUT2D eigenvalue weighted by Crippen LogP contribution is 2.40. The normalized spacial score (nSPS) is 11.2. The summed E-state index contributed by atoms with van der Waals surface area (Å²) in [4.78, 5) is 10.2. The SMILES string of the molecule is COc1ccc(-c2cc(-c3ccccc3)c3cc(Br)ccc3n2)cc1-c1cc(-c2ccccc2)c2cc(Br)ccc2n1. The van der Waals surface area contributed by atoms with Gasteiger partial charge in [0.15, 0.2) is 0 Å². The summed E-state index contributed by atoms with van der Waals surface area (Å²) < 4.78 is 7.91. The van der Waals surface area contributed by atoms with Gasteiger partial charge in [0.2, 0.25) is 0 Å². The van der Waals surface area contributed by atoms with Crippen LogP contribution < -0.4 is 4.74 Å². The van der Waals surface area contributed by atoms with Crippen molar-refractivity contribution >= 4 is 53.7 Å². The molecule has 0 unspecified atom stereocenters. The number of hydrogen-bond donors (Lipinski definition) is 0. The molecule has 3 nitrogen and oxygen atoms in total. The summed E-state index contributed by atoms with van der Waals surface area (Å²) in [7, 11) is 1.70. The van der Waals surface area contributed by atoms with Crippen molar-refractivity contribution in [2.45, 2.75) is 0 Å². The molecule has 0 bridgehead atoms. The topological polar surface area (TPSA) is 35.0 Å². The number of aromatic nitrogens is 2. The van der Waals surface area contributed by atoms with Crippen molar-refractivity contribution in [3.63, 3.8) is 0 Å². The van der Waals surface area contributed by atoms with Gasteiger partial charge in [-0.15, -0.1) is 0 Å². The van der Waals surface area contributed by atoms with Crippen LogP contribution in [-0.4, -0.2) is 17.1 Å². The molecule has 2 heterocycles. The van der Waals surface area contributed by atoms with Gasteiger partial charge in [-0.2, -0.15) is 0 Å². The summed E-state index contributed by atoms with van der Waals surface area (Å²) in [6, 6.07) is 43.9. The fourth-order valence-electron chi connectivity index (χ4n) is 5.46. The van der Waals surface area contributed by atoms with Crippen LogP contribution in [0.15, 0.2) is 136 Å². The molecule has 0 aliphatic rings. The first-order valence-corrected chi connectivity index (χ1v) is 15.2. The highest BCUT2D eigenvalue weighted by molar-refractivity contribution is 9.10. The average Bonchev–Trinajstić information content (AvgIpc) is 3.04.